The summed E-state index contributed by atoms with van der Waals surface area (Å²) < 4.78 is 12.0. The van der Waals surface area contributed by atoms with Crippen molar-refractivity contribution >= 4 is 39.2 Å². The maximum atomic E-state index is 13.4. The number of ether oxygens (including phenoxy) is 1. The van der Waals surface area contributed by atoms with Crippen LogP contribution in [0.5, 0.6) is 0 Å². The molecule has 0 radical (unpaired) electrons. The summed E-state index contributed by atoms with van der Waals surface area (Å²) in [7, 11) is 0. The van der Waals surface area contributed by atoms with Crippen molar-refractivity contribution < 1.29 is 13.9 Å². The van der Waals surface area contributed by atoms with Crippen LogP contribution in [0.4, 0.5) is 10.9 Å². The molecule has 8 nitrogen and oxygen atoms in total. The van der Waals surface area contributed by atoms with Gasteiger partial charge in [0, 0.05) is 17.5 Å². The van der Waals surface area contributed by atoms with Gasteiger partial charge in [-0.05, 0) is 44.0 Å². The number of pyridine rings is 1. The first-order chi connectivity index (χ1) is 15.5. The van der Waals surface area contributed by atoms with Gasteiger partial charge >= 0.3 is 0 Å². The number of nitrogens with zero attached hydrogens (tertiary/aromatic N) is 4. The Balaban J connectivity index is 1.37. The molecule has 9 heteroatoms. The molecule has 0 bridgehead atoms. The number of carbonyl (C=O) groups is 1. The standard InChI is InChI=1S/C23H23N5O3S/c1-13-7-8-16-15(3)21(31-20(16)14(13)2)22(29)28-9-10-30-18(11-28)17-5-4-6-19(25-17)26-23-27-24-12-32-23/h4-8,12,18H,9-11H2,1-3H3,(H,25,26,27). The number of rotatable bonds is 4. The molecule has 4 aromatic rings. The van der Waals surface area contributed by atoms with Crippen molar-refractivity contribution in [3.05, 3.63) is 64.0 Å². The summed E-state index contributed by atoms with van der Waals surface area (Å²) >= 11 is 1.40. The molecule has 1 amide bonds. The number of benzene rings is 1. The maximum Gasteiger partial charge on any atom is 0.290 e. The third-order valence-electron chi connectivity index (χ3n) is 5.87. The van der Waals surface area contributed by atoms with Crippen LogP contribution in [0.15, 0.2) is 40.3 Å². The number of hydrogen-bond donors (Lipinski definition) is 1. The minimum Gasteiger partial charge on any atom is -0.450 e. The van der Waals surface area contributed by atoms with Crippen LogP contribution in [0.25, 0.3) is 11.0 Å². The molecule has 3 aromatic heterocycles. The van der Waals surface area contributed by atoms with E-state index in [9.17, 15) is 4.79 Å². The highest BCUT2D eigenvalue weighted by Crippen LogP contribution is 2.31. The first-order valence-corrected chi connectivity index (χ1v) is 11.3. The molecule has 1 N–H and O–H groups in total. The molecule has 32 heavy (non-hydrogen) atoms. The number of furan rings is 1. The molecular formula is C23H23N5O3S. The highest BCUT2D eigenvalue weighted by Gasteiger charge is 2.30. The molecule has 164 valence electrons. The fraction of sp³-hybridized carbons (Fsp3) is 0.304. The second kappa shape index (κ2) is 8.33. The Morgan fingerprint density at radius 1 is 1.19 bits per heavy atom. The first kappa shape index (κ1) is 20.6. The summed E-state index contributed by atoms with van der Waals surface area (Å²) in [4.78, 5) is 19.8. The largest absolute Gasteiger partial charge is 0.450 e. The fourth-order valence-electron chi connectivity index (χ4n) is 3.92. The van der Waals surface area contributed by atoms with Gasteiger partial charge in [-0.15, -0.1) is 10.2 Å². The van der Waals surface area contributed by atoms with E-state index in [2.05, 4.69) is 26.6 Å². The van der Waals surface area contributed by atoms with Crippen molar-refractivity contribution in [2.24, 2.45) is 0 Å². The van der Waals surface area contributed by atoms with Crippen molar-refractivity contribution in [1.82, 2.24) is 20.1 Å². The molecule has 1 aliphatic heterocycles. The predicted molar refractivity (Wildman–Crippen MR) is 122 cm³/mol. The zero-order valence-corrected chi connectivity index (χ0v) is 18.9. The maximum absolute atomic E-state index is 13.4. The van der Waals surface area contributed by atoms with E-state index in [1.807, 2.05) is 45.0 Å². The molecule has 0 aliphatic carbocycles. The van der Waals surface area contributed by atoms with Crippen molar-refractivity contribution in [3.8, 4) is 0 Å². The highest BCUT2D eigenvalue weighted by atomic mass is 32.1. The molecule has 5 rings (SSSR count). The van der Waals surface area contributed by atoms with Gasteiger partial charge in [0.05, 0.1) is 18.8 Å². The van der Waals surface area contributed by atoms with Crippen molar-refractivity contribution in [2.45, 2.75) is 26.9 Å². The highest BCUT2D eigenvalue weighted by molar-refractivity contribution is 7.13. The van der Waals surface area contributed by atoms with Gasteiger partial charge in [-0.3, -0.25) is 4.79 Å². The van der Waals surface area contributed by atoms with Crippen LogP contribution < -0.4 is 5.32 Å². The lowest BCUT2D eigenvalue weighted by atomic mass is 10.0. The van der Waals surface area contributed by atoms with Crippen LogP contribution in [0, 0.1) is 20.8 Å². The summed E-state index contributed by atoms with van der Waals surface area (Å²) in [6.07, 6.45) is -0.322. The smallest absolute Gasteiger partial charge is 0.290 e. The summed E-state index contributed by atoms with van der Waals surface area (Å²) in [5, 5.41) is 12.6. The number of hydrogen-bond acceptors (Lipinski definition) is 8. The molecule has 1 unspecified atom stereocenters. The number of carbonyl (C=O) groups excluding carboxylic acids is 1. The molecule has 1 fully saturated rings. The second-order valence-corrected chi connectivity index (χ2v) is 8.70. The van der Waals surface area contributed by atoms with E-state index in [0.717, 1.165) is 33.4 Å². The van der Waals surface area contributed by atoms with E-state index in [4.69, 9.17) is 9.15 Å². The molecule has 0 spiro atoms. The monoisotopic (exact) mass is 449 g/mol. The predicted octanol–water partition coefficient (Wildman–Crippen LogP) is 4.56. The fourth-order valence-corrected chi connectivity index (χ4v) is 4.37. The number of fused-ring (bicyclic) bond motifs is 1. The lowest BCUT2D eigenvalue weighted by Crippen LogP contribution is -2.42. The van der Waals surface area contributed by atoms with E-state index in [-0.39, 0.29) is 12.0 Å². The van der Waals surface area contributed by atoms with Gasteiger partial charge in [-0.25, -0.2) is 4.98 Å². The Hall–Kier alpha value is -3.30. The summed E-state index contributed by atoms with van der Waals surface area (Å²) in [6, 6.07) is 9.76. The molecular weight excluding hydrogens is 426 g/mol. The minimum atomic E-state index is -0.322. The molecule has 1 aromatic carbocycles. The number of morpholine rings is 1. The van der Waals surface area contributed by atoms with Crippen LogP contribution >= 0.6 is 11.3 Å². The Labute approximate surface area is 189 Å². The Morgan fingerprint density at radius 2 is 2.06 bits per heavy atom. The average Bonchev–Trinajstić information content (AvgIpc) is 3.44. The zero-order chi connectivity index (χ0) is 22.2. The molecule has 0 saturated carbocycles. The van der Waals surface area contributed by atoms with Gasteiger partial charge in [-0.2, -0.15) is 0 Å². The van der Waals surface area contributed by atoms with Gasteiger partial charge in [0.1, 0.15) is 23.0 Å². The number of nitrogens with one attached hydrogen (secondary N) is 1. The third kappa shape index (κ3) is 3.74. The van der Waals surface area contributed by atoms with Gasteiger partial charge in [0.15, 0.2) is 5.76 Å². The van der Waals surface area contributed by atoms with E-state index in [0.29, 0.717) is 36.4 Å². The van der Waals surface area contributed by atoms with E-state index >= 15 is 0 Å². The van der Waals surface area contributed by atoms with E-state index in [1.54, 1.807) is 10.4 Å². The lowest BCUT2D eigenvalue weighted by Gasteiger charge is -2.32. The van der Waals surface area contributed by atoms with Crippen molar-refractivity contribution in [2.75, 3.05) is 25.0 Å². The number of anilines is 2. The van der Waals surface area contributed by atoms with Crippen LogP contribution in [0.3, 0.4) is 0 Å². The Morgan fingerprint density at radius 3 is 2.88 bits per heavy atom. The SMILES string of the molecule is Cc1ccc2c(C)c(C(=O)N3CCOC(c4cccc(Nc5nncs5)n4)C3)oc2c1C. The second-order valence-electron chi connectivity index (χ2n) is 7.87. The van der Waals surface area contributed by atoms with E-state index < -0.39 is 0 Å². The lowest BCUT2D eigenvalue weighted by molar-refractivity contribution is -0.0255. The van der Waals surface area contributed by atoms with Gasteiger partial charge in [0.25, 0.3) is 5.91 Å². The van der Waals surface area contributed by atoms with Crippen molar-refractivity contribution in [1.29, 1.82) is 0 Å². The van der Waals surface area contributed by atoms with Gasteiger partial charge < -0.3 is 19.4 Å². The molecule has 1 aliphatic rings. The molecule has 4 heterocycles. The molecule has 1 atom stereocenters. The number of aromatic nitrogens is 3. The van der Waals surface area contributed by atoms with Gasteiger partial charge in [-0.1, -0.05) is 29.5 Å². The minimum absolute atomic E-state index is 0.118. The van der Waals surface area contributed by atoms with Crippen LogP contribution in [-0.2, 0) is 4.74 Å². The third-order valence-corrected chi connectivity index (χ3v) is 6.48. The quantitative estimate of drug-likeness (QED) is 0.488. The number of aryl methyl sites for hydroxylation is 3. The van der Waals surface area contributed by atoms with Crippen LogP contribution in [0.2, 0.25) is 0 Å². The average molecular weight is 450 g/mol. The van der Waals surface area contributed by atoms with Gasteiger partial charge in [0.2, 0.25) is 5.13 Å². The summed E-state index contributed by atoms with van der Waals surface area (Å²) in [6.45, 7) is 7.35. The van der Waals surface area contributed by atoms with Crippen molar-refractivity contribution in [3.63, 3.8) is 0 Å². The Bertz CT molecular complexity index is 1280. The van der Waals surface area contributed by atoms with E-state index in [1.165, 1.54) is 11.3 Å². The van der Waals surface area contributed by atoms with Crippen LogP contribution in [-0.4, -0.2) is 45.7 Å². The zero-order valence-electron chi connectivity index (χ0n) is 18.1. The normalized spacial score (nSPS) is 16.5. The summed E-state index contributed by atoms with van der Waals surface area (Å²) in [5.41, 5.74) is 6.27. The topological polar surface area (TPSA) is 93.4 Å². The summed E-state index contributed by atoms with van der Waals surface area (Å²) in [5.74, 6) is 0.937. The Kier molecular flexibility index (Phi) is 5.36. The number of amides is 1. The van der Waals surface area contributed by atoms with Crippen LogP contribution in [0.1, 0.15) is 39.0 Å². The molecule has 1 saturated heterocycles. The first-order valence-electron chi connectivity index (χ1n) is 10.4.